The van der Waals surface area contributed by atoms with Gasteiger partial charge in [0.1, 0.15) is 0 Å². The Morgan fingerprint density at radius 2 is 2.12 bits per heavy atom. The van der Waals surface area contributed by atoms with Gasteiger partial charge in [0.05, 0.1) is 11.3 Å². The number of rotatable bonds is 4. The van der Waals surface area contributed by atoms with E-state index >= 15 is 0 Å². The molecular formula is C20H26N4O. The number of hydrogen-bond donors (Lipinski definition) is 1. The average Bonchev–Trinajstić information content (AvgIpc) is 3.07. The maximum atomic E-state index is 12.4. The van der Waals surface area contributed by atoms with Gasteiger partial charge in [0.15, 0.2) is 0 Å². The van der Waals surface area contributed by atoms with E-state index in [-0.39, 0.29) is 5.91 Å². The van der Waals surface area contributed by atoms with Gasteiger partial charge in [-0.25, -0.2) is 0 Å². The van der Waals surface area contributed by atoms with Crippen molar-refractivity contribution in [2.24, 2.45) is 12.5 Å². The highest BCUT2D eigenvalue weighted by atomic mass is 16.1. The molecule has 0 bridgehead atoms. The monoisotopic (exact) mass is 338 g/mol. The van der Waals surface area contributed by atoms with Crippen molar-refractivity contribution in [2.75, 3.05) is 13.1 Å². The summed E-state index contributed by atoms with van der Waals surface area (Å²) in [6.07, 6.45) is 10.3. The molecule has 0 aromatic carbocycles. The molecule has 2 aromatic heterocycles. The van der Waals surface area contributed by atoms with Gasteiger partial charge in [-0.3, -0.25) is 14.7 Å². The van der Waals surface area contributed by atoms with Gasteiger partial charge in [0, 0.05) is 38.2 Å². The molecule has 2 fully saturated rings. The Morgan fingerprint density at radius 1 is 1.28 bits per heavy atom. The number of aryl methyl sites for hydroxylation is 1. The number of nitrogens with one attached hydrogen (secondary N) is 1. The third-order valence-electron chi connectivity index (χ3n) is 6.03. The second-order valence-corrected chi connectivity index (χ2v) is 7.59. The molecule has 1 N–H and O–H groups in total. The molecule has 2 aromatic rings. The standard InChI is InChI=1S/C20H26N4O/c1-23-11-6-16(14-23)19(25)22-18-5-7-20(18)8-12-24(13-9-20)15-17-4-2-3-10-21-17/h2-4,6,10-11,14,18H,5,7-9,12-13,15H2,1H3,(H,22,25)/t18-/m0/s1. The summed E-state index contributed by atoms with van der Waals surface area (Å²) in [5.74, 6) is 0.0700. The van der Waals surface area contributed by atoms with E-state index in [2.05, 4.69) is 27.3 Å². The molecule has 1 saturated heterocycles. The molecule has 5 nitrogen and oxygen atoms in total. The van der Waals surface area contributed by atoms with E-state index in [0.717, 1.165) is 37.3 Å². The maximum absolute atomic E-state index is 12.4. The van der Waals surface area contributed by atoms with Gasteiger partial charge in [-0.05, 0) is 62.4 Å². The molecule has 1 aliphatic carbocycles. The lowest BCUT2D eigenvalue weighted by Crippen LogP contribution is -2.59. The smallest absolute Gasteiger partial charge is 0.253 e. The minimum Gasteiger partial charge on any atom is -0.356 e. The van der Waals surface area contributed by atoms with Gasteiger partial charge < -0.3 is 9.88 Å². The van der Waals surface area contributed by atoms with Crippen molar-refractivity contribution in [3.8, 4) is 0 Å². The molecule has 1 aliphatic heterocycles. The first kappa shape index (κ1) is 16.3. The lowest BCUT2D eigenvalue weighted by Gasteiger charge is -2.54. The Kier molecular flexibility index (Phi) is 4.34. The fourth-order valence-electron chi connectivity index (χ4n) is 4.28. The molecule has 0 radical (unpaired) electrons. The van der Waals surface area contributed by atoms with Crippen LogP contribution >= 0.6 is 0 Å². The molecule has 25 heavy (non-hydrogen) atoms. The van der Waals surface area contributed by atoms with E-state index in [9.17, 15) is 4.79 Å². The van der Waals surface area contributed by atoms with Crippen LogP contribution in [0.3, 0.4) is 0 Å². The summed E-state index contributed by atoms with van der Waals surface area (Å²) in [6, 6.07) is 8.32. The van der Waals surface area contributed by atoms with Crippen molar-refractivity contribution in [2.45, 2.75) is 38.3 Å². The van der Waals surface area contributed by atoms with Crippen LogP contribution in [0.1, 0.15) is 41.7 Å². The Bertz CT molecular complexity index is 731. The predicted octanol–water partition coefficient (Wildman–Crippen LogP) is 2.59. The SMILES string of the molecule is Cn1ccc(C(=O)N[C@H]2CCC23CCN(Cc2ccccn2)CC3)c1. The number of nitrogens with zero attached hydrogens (tertiary/aromatic N) is 3. The molecule has 0 unspecified atom stereocenters. The third kappa shape index (κ3) is 3.33. The number of carbonyl (C=O) groups is 1. The van der Waals surface area contributed by atoms with Crippen molar-refractivity contribution in [1.29, 1.82) is 0 Å². The molecule has 2 aliphatic rings. The van der Waals surface area contributed by atoms with E-state index in [0.29, 0.717) is 11.5 Å². The van der Waals surface area contributed by atoms with Crippen molar-refractivity contribution in [1.82, 2.24) is 19.8 Å². The second kappa shape index (κ2) is 6.64. The largest absolute Gasteiger partial charge is 0.356 e. The molecule has 132 valence electrons. The van der Waals surface area contributed by atoms with Crippen LogP contribution in [0.2, 0.25) is 0 Å². The van der Waals surface area contributed by atoms with Gasteiger partial charge in [-0.2, -0.15) is 0 Å². The second-order valence-electron chi connectivity index (χ2n) is 7.59. The van der Waals surface area contributed by atoms with Crippen molar-refractivity contribution in [3.63, 3.8) is 0 Å². The molecule has 1 amide bonds. The van der Waals surface area contributed by atoms with Crippen molar-refractivity contribution in [3.05, 3.63) is 54.1 Å². The van der Waals surface area contributed by atoms with E-state index in [1.54, 1.807) is 0 Å². The Balaban J connectivity index is 1.32. The summed E-state index contributed by atoms with van der Waals surface area (Å²) in [7, 11) is 1.94. The van der Waals surface area contributed by atoms with Crippen LogP contribution < -0.4 is 5.32 Å². The van der Waals surface area contributed by atoms with Gasteiger partial charge in [-0.15, -0.1) is 0 Å². The average molecular weight is 338 g/mol. The lowest BCUT2D eigenvalue weighted by molar-refractivity contribution is -0.00737. The fourth-order valence-corrected chi connectivity index (χ4v) is 4.28. The number of pyridine rings is 1. The molecule has 5 heteroatoms. The number of likely N-dealkylation sites (tertiary alicyclic amines) is 1. The summed E-state index contributed by atoms with van der Waals surface area (Å²) in [4.78, 5) is 19.4. The van der Waals surface area contributed by atoms with Gasteiger partial charge in [0.25, 0.3) is 5.91 Å². The summed E-state index contributed by atoms with van der Waals surface area (Å²) < 4.78 is 1.92. The first-order chi connectivity index (χ1) is 12.1. The molecule has 1 saturated carbocycles. The summed E-state index contributed by atoms with van der Waals surface area (Å²) in [5, 5.41) is 3.29. The van der Waals surface area contributed by atoms with Crippen molar-refractivity contribution < 1.29 is 4.79 Å². The predicted molar refractivity (Wildman–Crippen MR) is 97.1 cm³/mol. The Morgan fingerprint density at radius 3 is 2.72 bits per heavy atom. The molecule has 3 heterocycles. The molecule has 1 spiro atoms. The normalized spacial score (nSPS) is 22.5. The zero-order valence-corrected chi connectivity index (χ0v) is 14.8. The first-order valence-electron chi connectivity index (χ1n) is 9.20. The van der Waals surface area contributed by atoms with E-state index in [4.69, 9.17) is 0 Å². The minimum atomic E-state index is 0.0700. The third-order valence-corrected chi connectivity index (χ3v) is 6.03. The van der Waals surface area contributed by atoms with Crippen molar-refractivity contribution >= 4 is 5.91 Å². The zero-order valence-electron chi connectivity index (χ0n) is 14.8. The Labute approximate surface area is 149 Å². The maximum Gasteiger partial charge on any atom is 0.253 e. The zero-order chi connectivity index (χ0) is 17.3. The molecule has 1 atom stereocenters. The molecular weight excluding hydrogens is 312 g/mol. The minimum absolute atomic E-state index is 0.0700. The highest BCUT2D eigenvalue weighted by molar-refractivity contribution is 5.94. The topological polar surface area (TPSA) is 50.2 Å². The van der Waals surface area contributed by atoms with Gasteiger partial charge >= 0.3 is 0 Å². The van der Waals surface area contributed by atoms with Crippen LogP contribution in [0.25, 0.3) is 0 Å². The summed E-state index contributed by atoms with van der Waals surface area (Å²) in [6.45, 7) is 3.11. The number of hydrogen-bond acceptors (Lipinski definition) is 3. The number of carbonyl (C=O) groups excluding carboxylic acids is 1. The van der Waals surface area contributed by atoms with Crippen LogP contribution in [0, 0.1) is 5.41 Å². The lowest BCUT2D eigenvalue weighted by atomic mass is 9.59. The van der Waals surface area contributed by atoms with E-state index in [1.807, 2.05) is 42.3 Å². The number of amides is 1. The van der Waals surface area contributed by atoms with Crippen LogP contribution in [0.5, 0.6) is 0 Å². The number of aromatic nitrogens is 2. The van der Waals surface area contributed by atoms with Crippen LogP contribution in [-0.2, 0) is 13.6 Å². The Hall–Kier alpha value is -2.14. The molecule has 4 rings (SSSR count). The highest BCUT2D eigenvalue weighted by Crippen LogP contribution is 2.49. The van der Waals surface area contributed by atoms with Gasteiger partial charge in [-0.1, -0.05) is 6.07 Å². The van der Waals surface area contributed by atoms with Gasteiger partial charge in [0.2, 0.25) is 0 Å². The number of piperidine rings is 1. The van der Waals surface area contributed by atoms with Crippen LogP contribution in [-0.4, -0.2) is 39.5 Å². The summed E-state index contributed by atoms with van der Waals surface area (Å²) in [5.41, 5.74) is 2.21. The van der Waals surface area contributed by atoms with E-state index < -0.39 is 0 Å². The quantitative estimate of drug-likeness (QED) is 0.932. The van der Waals surface area contributed by atoms with Crippen LogP contribution in [0.4, 0.5) is 0 Å². The van der Waals surface area contributed by atoms with E-state index in [1.165, 1.54) is 19.3 Å². The highest BCUT2D eigenvalue weighted by Gasteiger charge is 2.48. The van der Waals surface area contributed by atoms with Crippen LogP contribution in [0.15, 0.2) is 42.9 Å². The first-order valence-corrected chi connectivity index (χ1v) is 9.20. The summed E-state index contributed by atoms with van der Waals surface area (Å²) >= 11 is 0. The fraction of sp³-hybridized carbons (Fsp3) is 0.500.